The number of aromatic hydroxyl groups is 2. The quantitative estimate of drug-likeness (QED) is 0.596. The SMILES string of the molecule is O=C(O)CC(NC(=O)c1cc(O)ccc1O)C1CC1. The number of phenols is 2. The second kappa shape index (κ2) is 5.17. The number of nitrogens with one attached hydrogen (secondary N) is 1. The molecule has 0 aromatic heterocycles. The maximum Gasteiger partial charge on any atom is 0.305 e. The molecule has 6 nitrogen and oxygen atoms in total. The van der Waals surface area contributed by atoms with Crippen LogP contribution >= 0.6 is 0 Å². The summed E-state index contributed by atoms with van der Waals surface area (Å²) in [5.41, 5.74) is -0.0592. The molecule has 1 saturated carbocycles. The number of carboxylic acid groups (broad SMARTS) is 1. The molecule has 0 radical (unpaired) electrons. The standard InChI is InChI=1S/C13H15NO5/c15-8-3-4-11(16)9(5-8)13(19)14-10(6-12(17)18)7-1-2-7/h3-5,7,10,15-16H,1-2,6H2,(H,14,19)(H,17,18). The third-order valence-corrected chi connectivity index (χ3v) is 3.13. The molecule has 4 N–H and O–H groups in total. The van der Waals surface area contributed by atoms with Crippen LogP contribution in [0.4, 0.5) is 0 Å². The Morgan fingerprint density at radius 2 is 2.00 bits per heavy atom. The summed E-state index contributed by atoms with van der Waals surface area (Å²) in [6.07, 6.45) is 1.64. The van der Waals surface area contributed by atoms with E-state index in [-0.39, 0.29) is 29.4 Å². The van der Waals surface area contributed by atoms with Crippen LogP contribution < -0.4 is 5.32 Å². The van der Waals surface area contributed by atoms with Crippen LogP contribution in [-0.2, 0) is 4.79 Å². The fourth-order valence-corrected chi connectivity index (χ4v) is 1.97. The van der Waals surface area contributed by atoms with Gasteiger partial charge in [-0.25, -0.2) is 0 Å². The van der Waals surface area contributed by atoms with Crippen molar-refractivity contribution in [2.45, 2.75) is 25.3 Å². The third kappa shape index (κ3) is 3.37. The van der Waals surface area contributed by atoms with E-state index in [1.165, 1.54) is 12.1 Å². The molecule has 1 fully saturated rings. The summed E-state index contributed by atoms with van der Waals surface area (Å²) in [6, 6.07) is 3.19. The zero-order valence-electron chi connectivity index (χ0n) is 10.2. The van der Waals surface area contributed by atoms with E-state index in [0.717, 1.165) is 18.9 Å². The highest BCUT2D eigenvalue weighted by atomic mass is 16.4. The first-order valence-electron chi connectivity index (χ1n) is 6.02. The summed E-state index contributed by atoms with van der Waals surface area (Å²) in [5, 5.41) is 30.3. The van der Waals surface area contributed by atoms with Crippen LogP contribution in [0.3, 0.4) is 0 Å². The fraction of sp³-hybridized carbons (Fsp3) is 0.385. The maximum absolute atomic E-state index is 12.0. The Morgan fingerprint density at radius 3 is 2.58 bits per heavy atom. The van der Waals surface area contributed by atoms with Gasteiger partial charge in [0.05, 0.1) is 12.0 Å². The van der Waals surface area contributed by atoms with E-state index < -0.39 is 17.9 Å². The summed E-state index contributed by atoms with van der Waals surface area (Å²) in [7, 11) is 0. The molecule has 102 valence electrons. The second-order valence-electron chi connectivity index (χ2n) is 4.72. The van der Waals surface area contributed by atoms with Crippen molar-refractivity contribution in [3.63, 3.8) is 0 Å². The van der Waals surface area contributed by atoms with E-state index in [1.807, 2.05) is 0 Å². The number of hydrogen-bond acceptors (Lipinski definition) is 4. The van der Waals surface area contributed by atoms with Gasteiger partial charge in [-0.3, -0.25) is 9.59 Å². The smallest absolute Gasteiger partial charge is 0.305 e. The molecule has 6 heteroatoms. The lowest BCUT2D eigenvalue weighted by Crippen LogP contribution is -2.38. The van der Waals surface area contributed by atoms with Crippen LogP contribution in [0.25, 0.3) is 0 Å². The van der Waals surface area contributed by atoms with Gasteiger partial charge in [0.15, 0.2) is 0 Å². The van der Waals surface area contributed by atoms with Gasteiger partial charge in [-0.2, -0.15) is 0 Å². The molecule has 1 atom stereocenters. The fourth-order valence-electron chi connectivity index (χ4n) is 1.97. The predicted octanol–water partition coefficient (Wildman–Crippen LogP) is 1.08. The number of rotatable bonds is 5. The Labute approximate surface area is 109 Å². The molecule has 1 aliphatic carbocycles. The molecule has 0 saturated heterocycles. The van der Waals surface area contributed by atoms with Crippen LogP contribution in [-0.4, -0.2) is 33.2 Å². The summed E-state index contributed by atoms with van der Waals surface area (Å²) in [4.78, 5) is 22.7. The average molecular weight is 265 g/mol. The Bertz CT molecular complexity index is 510. The molecule has 0 bridgehead atoms. The van der Waals surface area contributed by atoms with E-state index in [4.69, 9.17) is 5.11 Å². The molecule has 1 aromatic rings. The van der Waals surface area contributed by atoms with Gasteiger partial charge in [0, 0.05) is 6.04 Å². The van der Waals surface area contributed by atoms with Crippen LogP contribution in [0.5, 0.6) is 11.5 Å². The lowest BCUT2D eigenvalue weighted by atomic mass is 10.1. The minimum Gasteiger partial charge on any atom is -0.508 e. The van der Waals surface area contributed by atoms with Gasteiger partial charge in [-0.1, -0.05) is 0 Å². The van der Waals surface area contributed by atoms with Crippen molar-refractivity contribution in [3.05, 3.63) is 23.8 Å². The van der Waals surface area contributed by atoms with Crippen molar-refractivity contribution in [2.75, 3.05) is 0 Å². The van der Waals surface area contributed by atoms with Gasteiger partial charge in [0.1, 0.15) is 11.5 Å². The van der Waals surface area contributed by atoms with Gasteiger partial charge in [-0.05, 0) is 37.0 Å². The molecular formula is C13H15NO5. The minimum atomic E-state index is -0.975. The van der Waals surface area contributed by atoms with E-state index in [9.17, 15) is 19.8 Å². The molecule has 0 spiro atoms. The largest absolute Gasteiger partial charge is 0.508 e. The molecule has 19 heavy (non-hydrogen) atoms. The Hall–Kier alpha value is -2.24. The van der Waals surface area contributed by atoms with Crippen molar-refractivity contribution in [1.29, 1.82) is 0 Å². The number of carbonyl (C=O) groups is 2. The predicted molar refractivity (Wildman–Crippen MR) is 66.0 cm³/mol. The summed E-state index contributed by atoms with van der Waals surface area (Å²) in [5.74, 6) is -1.76. The molecule has 1 amide bonds. The highest BCUT2D eigenvalue weighted by Gasteiger charge is 2.34. The first kappa shape index (κ1) is 13.2. The van der Waals surface area contributed by atoms with Crippen LogP contribution in [0.1, 0.15) is 29.6 Å². The van der Waals surface area contributed by atoms with Gasteiger partial charge in [0.2, 0.25) is 0 Å². The Kier molecular flexibility index (Phi) is 3.59. The lowest BCUT2D eigenvalue weighted by molar-refractivity contribution is -0.137. The van der Waals surface area contributed by atoms with Gasteiger partial charge in [0.25, 0.3) is 5.91 Å². The first-order chi connectivity index (χ1) is 8.97. The van der Waals surface area contributed by atoms with Gasteiger partial charge >= 0.3 is 5.97 Å². The highest BCUT2D eigenvalue weighted by molar-refractivity contribution is 5.97. The zero-order valence-corrected chi connectivity index (χ0v) is 10.2. The summed E-state index contributed by atoms with van der Waals surface area (Å²) in [6.45, 7) is 0. The van der Waals surface area contributed by atoms with Crippen molar-refractivity contribution in [1.82, 2.24) is 5.32 Å². The minimum absolute atomic E-state index is 0.0592. The topological polar surface area (TPSA) is 107 Å². The second-order valence-corrected chi connectivity index (χ2v) is 4.72. The van der Waals surface area contributed by atoms with Crippen LogP contribution in [0.2, 0.25) is 0 Å². The molecule has 2 rings (SSSR count). The molecule has 0 aliphatic heterocycles. The third-order valence-electron chi connectivity index (χ3n) is 3.13. The van der Waals surface area contributed by atoms with Crippen LogP contribution in [0, 0.1) is 5.92 Å². The number of hydrogen-bond donors (Lipinski definition) is 4. The van der Waals surface area contributed by atoms with E-state index in [0.29, 0.717) is 0 Å². The number of phenolic OH excluding ortho intramolecular Hbond substituents is 2. The molecule has 1 unspecified atom stereocenters. The van der Waals surface area contributed by atoms with Crippen molar-refractivity contribution in [3.8, 4) is 11.5 Å². The van der Waals surface area contributed by atoms with E-state index in [2.05, 4.69) is 5.32 Å². The number of aliphatic carboxylic acids is 1. The van der Waals surface area contributed by atoms with E-state index >= 15 is 0 Å². The number of amides is 1. The monoisotopic (exact) mass is 265 g/mol. The average Bonchev–Trinajstić information content (AvgIpc) is 3.14. The maximum atomic E-state index is 12.0. The number of carboxylic acids is 1. The summed E-state index contributed by atoms with van der Waals surface area (Å²) < 4.78 is 0. The number of carbonyl (C=O) groups excluding carboxylic acids is 1. The van der Waals surface area contributed by atoms with Crippen molar-refractivity contribution < 1.29 is 24.9 Å². The zero-order chi connectivity index (χ0) is 14.0. The Morgan fingerprint density at radius 1 is 1.32 bits per heavy atom. The van der Waals surface area contributed by atoms with Crippen molar-refractivity contribution in [2.24, 2.45) is 5.92 Å². The molecule has 1 aliphatic rings. The number of benzene rings is 1. The summed E-state index contributed by atoms with van der Waals surface area (Å²) >= 11 is 0. The first-order valence-corrected chi connectivity index (χ1v) is 6.02. The highest BCUT2D eigenvalue weighted by Crippen LogP contribution is 2.34. The van der Waals surface area contributed by atoms with Gasteiger partial charge in [-0.15, -0.1) is 0 Å². The Balaban J connectivity index is 2.10. The van der Waals surface area contributed by atoms with E-state index in [1.54, 1.807) is 0 Å². The molecule has 1 aromatic carbocycles. The molecular weight excluding hydrogens is 250 g/mol. The molecule has 0 heterocycles. The van der Waals surface area contributed by atoms with Crippen molar-refractivity contribution >= 4 is 11.9 Å². The normalized spacial score (nSPS) is 15.8. The lowest BCUT2D eigenvalue weighted by Gasteiger charge is -2.16. The van der Waals surface area contributed by atoms with Crippen LogP contribution in [0.15, 0.2) is 18.2 Å². The van der Waals surface area contributed by atoms with Gasteiger partial charge < -0.3 is 20.6 Å².